The van der Waals surface area contributed by atoms with Gasteiger partial charge in [0.1, 0.15) is 16.7 Å². The summed E-state index contributed by atoms with van der Waals surface area (Å²) in [6.07, 6.45) is -4.70. The topological polar surface area (TPSA) is 67.9 Å². The number of hydrogen-bond acceptors (Lipinski definition) is 5. The highest BCUT2D eigenvalue weighted by atomic mass is 32.2. The molecule has 5 nitrogen and oxygen atoms in total. The van der Waals surface area contributed by atoms with Gasteiger partial charge in [0.05, 0.1) is 12.4 Å². The zero-order valence-electron chi connectivity index (χ0n) is 10.1. The molecule has 0 N–H and O–H groups in total. The van der Waals surface area contributed by atoms with Gasteiger partial charge < -0.3 is 4.74 Å². The third-order valence-corrected chi connectivity index (χ3v) is 3.13. The normalized spacial score (nSPS) is 11.2. The Kier molecular flexibility index (Phi) is 4.83. The summed E-state index contributed by atoms with van der Waals surface area (Å²) in [5.41, 5.74) is -1.83. The highest BCUT2D eigenvalue weighted by Crippen LogP contribution is 2.35. The smallest absolute Gasteiger partial charge is 0.436 e. The molecule has 1 rings (SSSR count). The van der Waals surface area contributed by atoms with Gasteiger partial charge in [-0.05, 0) is 6.92 Å². The Balaban J connectivity index is 2.99. The van der Waals surface area contributed by atoms with Crippen LogP contribution >= 0.6 is 11.8 Å². The summed E-state index contributed by atoms with van der Waals surface area (Å²) in [6, 6.07) is 1.47. The predicted octanol–water partition coefficient (Wildman–Crippen LogP) is 1.97. The van der Waals surface area contributed by atoms with Crippen molar-refractivity contribution in [2.45, 2.75) is 18.1 Å². The summed E-state index contributed by atoms with van der Waals surface area (Å²) < 4.78 is 43.5. The number of carbonyl (C=O) groups is 1. The van der Waals surface area contributed by atoms with E-state index in [1.54, 1.807) is 6.92 Å². The van der Waals surface area contributed by atoms with Gasteiger partial charge in [0.2, 0.25) is 0 Å². The van der Waals surface area contributed by atoms with Gasteiger partial charge in [-0.3, -0.25) is 9.48 Å². The van der Waals surface area contributed by atoms with Crippen LogP contribution in [0.4, 0.5) is 13.2 Å². The van der Waals surface area contributed by atoms with Gasteiger partial charge in [0, 0.05) is 7.05 Å². The third-order valence-electron chi connectivity index (χ3n) is 2.01. The molecule has 0 spiro atoms. The Bertz CT molecular complexity index is 519. The zero-order valence-corrected chi connectivity index (χ0v) is 10.9. The van der Waals surface area contributed by atoms with Crippen molar-refractivity contribution in [2.75, 3.05) is 12.4 Å². The highest BCUT2D eigenvalue weighted by Gasteiger charge is 2.39. The quantitative estimate of drug-likeness (QED) is 0.627. The standard InChI is InChI=1S/C10H10F3N3O2S/c1-3-18-7(17)5-19-9-6(4-14)8(10(11,12)13)15-16(9)2/h3,5H2,1-2H3. The number of aryl methyl sites for hydroxylation is 1. The number of rotatable bonds is 4. The van der Waals surface area contributed by atoms with E-state index in [0.29, 0.717) is 0 Å². The van der Waals surface area contributed by atoms with E-state index in [4.69, 9.17) is 5.26 Å². The summed E-state index contributed by atoms with van der Waals surface area (Å²) >= 11 is 0.787. The van der Waals surface area contributed by atoms with Crippen molar-refractivity contribution in [1.82, 2.24) is 9.78 Å². The number of hydrogen-bond donors (Lipinski definition) is 0. The summed E-state index contributed by atoms with van der Waals surface area (Å²) in [4.78, 5) is 11.2. The van der Waals surface area contributed by atoms with Crippen LogP contribution in [0, 0.1) is 11.3 Å². The molecule has 0 radical (unpaired) electrons. The first kappa shape index (κ1) is 15.4. The lowest BCUT2D eigenvalue weighted by atomic mass is 10.2. The van der Waals surface area contributed by atoms with E-state index in [9.17, 15) is 18.0 Å². The number of ether oxygens (including phenoxy) is 1. The van der Waals surface area contributed by atoms with Crippen LogP contribution in [0.5, 0.6) is 0 Å². The van der Waals surface area contributed by atoms with Crippen molar-refractivity contribution in [3.05, 3.63) is 11.3 Å². The first-order valence-corrected chi connectivity index (χ1v) is 6.12. The van der Waals surface area contributed by atoms with E-state index in [1.807, 2.05) is 0 Å². The Hall–Kier alpha value is -1.69. The second-order valence-electron chi connectivity index (χ2n) is 3.36. The van der Waals surface area contributed by atoms with Gasteiger partial charge in [-0.15, -0.1) is 0 Å². The fraction of sp³-hybridized carbons (Fsp3) is 0.500. The Morgan fingerprint density at radius 1 is 1.58 bits per heavy atom. The van der Waals surface area contributed by atoms with E-state index in [0.717, 1.165) is 16.4 Å². The van der Waals surface area contributed by atoms with Crippen LogP contribution < -0.4 is 0 Å². The first-order valence-electron chi connectivity index (χ1n) is 5.14. The van der Waals surface area contributed by atoms with Crippen molar-refractivity contribution in [2.24, 2.45) is 7.05 Å². The first-order chi connectivity index (χ1) is 8.81. The molecule has 0 atom stereocenters. The lowest BCUT2D eigenvalue weighted by molar-refractivity contribution is -0.142. The van der Waals surface area contributed by atoms with Gasteiger partial charge in [-0.2, -0.15) is 23.5 Å². The molecule has 9 heteroatoms. The van der Waals surface area contributed by atoms with E-state index in [2.05, 4.69) is 9.84 Å². The van der Waals surface area contributed by atoms with Crippen molar-refractivity contribution in [3.8, 4) is 6.07 Å². The second-order valence-corrected chi connectivity index (χ2v) is 4.32. The summed E-state index contributed by atoms with van der Waals surface area (Å²) in [5.74, 6) is -0.745. The number of carbonyl (C=O) groups excluding carboxylic acids is 1. The van der Waals surface area contributed by atoms with Crippen molar-refractivity contribution in [1.29, 1.82) is 5.26 Å². The molecule has 0 saturated heterocycles. The summed E-state index contributed by atoms with van der Waals surface area (Å²) in [7, 11) is 1.28. The predicted molar refractivity (Wildman–Crippen MR) is 60.3 cm³/mol. The number of nitrogens with zero attached hydrogens (tertiary/aromatic N) is 3. The molecule has 1 aromatic heterocycles. The molecule has 0 aliphatic heterocycles. The zero-order chi connectivity index (χ0) is 14.6. The van der Waals surface area contributed by atoms with Crippen LogP contribution in [0.1, 0.15) is 18.2 Å². The van der Waals surface area contributed by atoms with Gasteiger partial charge in [0.25, 0.3) is 0 Å². The minimum absolute atomic E-state index is 0.0112. The summed E-state index contributed by atoms with van der Waals surface area (Å²) in [5, 5.41) is 12.1. The van der Waals surface area contributed by atoms with Crippen LogP contribution in [-0.2, 0) is 22.8 Å². The molecule has 1 heterocycles. The molecular formula is C10H10F3N3O2S. The molecule has 0 aromatic carbocycles. The molecule has 1 aromatic rings. The third kappa shape index (κ3) is 3.64. The van der Waals surface area contributed by atoms with Crippen molar-refractivity contribution in [3.63, 3.8) is 0 Å². The molecular weight excluding hydrogens is 283 g/mol. The van der Waals surface area contributed by atoms with Crippen LogP contribution in [0.15, 0.2) is 5.03 Å². The number of esters is 1. The SMILES string of the molecule is CCOC(=O)CSc1c(C#N)c(C(F)(F)F)nn1C. The summed E-state index contributed by atoms with van der Waals surface area (Å²) in [6.45, 7) is 1.80. The average molecular weight is 293 g/mol. The second kappa shape index (κ2) is 5.97. The number of nitriles is 1. The molecule has 0 amide bonds. The van der Waals surface area contributed by atoms with Crippen LogP contribution in [-0.4, -0.2) is 28.1 Å². The lowest BCUT2D eigenvalue weighted by Gasteiger charge is -2.03. The average Bonchev–Trinajstić information content (AvgIpc) is 2.63. The molecule has 0 unspecified atom stereocenters. The monoisotopic (exact) mass is 293 g/mol. The van der Waals surface area contributed by atoms with Crippen LogP contribution in [0.25, 0.3) is 0 Å². The number of alkyl halides is 3. The minimum Gasteiger partial charge on any atom is -0.465 e. The maximum atomic E-state index is 12.6. The van der Waals surface area contributed by atoms with E-state index in [1.165, 1.54) is 13.1 Å². The number of halogens is 3. The maximum Gasteiger partial charge on any atom is 0.436 e. The Morgan fingerprint density at radius 2 is 2.21 bits per heavy atom. The molecule has 19 heavy (non-hydrogen) atoms. The van der Waals surface area contributed by atoms with Crippen LogP contribution in [0.3, 0.4) is 0 Å². The molecule has 0 bridgehead atoms. The largest absolute Gasteiger partial charge is 0.465 e. The van der Waals surface area contributed by atoms with Crippen LogP contribution in [0.2, 0.25) is 0 Å². The van der Waals surface area contributed by atoms with Crippen molar-refractivity contribution < 1.29 is 22.7 Å². The fourth-order valence-corrected chi connectivity index (χ4v) is 2.16. The Morgan fingerprint density at radius 3 is 2.68 bits per heavy atom. The Labute approximate surface area is 111 Å². The molecule has 0 aliphatic rings. The minimum atomic E-state index is -4.70. The van der Waals surface area contributed by atoms with Gasteiger partial charge in [-0.25, -0.2) is 0 Å². The highest BCUT2D eigenvalue weighted by molar-refractivity contribution is 8.00. The van der Waals surface area contributed by atoms with E-state index < -0.39 is 23.4 Å². The number of aromatic nitrogens is 2. The maximum absolute atomic E-state index is 12.6. The van der Waals surface area contributed by atoms with Gasteiger partial charge >= 0.3 is 12.1 Å². The fourth-order valence-electron chi connectivity index (χ4n) is 1.30. The van der Waals surface area contributed by atoms with E-state index in [-0.39, 0.29) is 17.4 Å². The molecule has 0 fully saturated rings. The molecule has 0 saturated carbocycles. The van der Waals surface area contributed by atoms with Gasteiger partial charge in [-0.1, -0.05) is 11.8 Å². The molecule has 0 aliphatic carbocycles. The lowest BCUT2D eigenvalue weighted by Crippen LogP contribution is -2.08. The van der Waals surface area contributed by atoms with E-state index >= 15 is 0 Å². The van der Waals surface area contributed by atoms with Gasteiger partial charge in [0.15, 0.2) is 5.69 Å². The number of thioether (sulfide) groups is 1. The van der Waals surface area contributed by atoms with Crippen molar-refractivity contribution >= 4 is 17.7 Å². The molecule has 104 valence electrons.